The Bertz CT molecular complexity index is 205. The lowest BCUT2D eigenvalue weighted by atomic mass is 10.1. The Morgan fingerprint density at radius 2 is 1.77 bits per heavy atom. The summed E-state index contributed by atoms with van der Waals surface area (Å²) in [4.78, 5) is 4.53. The molecule has 3 heteroatoms. The molecule has 0 aliphatic carbocycles. The van der Waals surface area contributed by atoms with Gasteiger partial charge >= 0.3 is 0 Å². The highest BCUT2D eigenvalue weighted by Gasteiger charge is 2.06. The molecule has 0 aromatic heterocycles. The van der Waals surface area contributed by atoms with Gasteiger partial charge in [0.05, 0.1) is 5.04 Å². The van der Waals surface area contributed by atoms with Crippen LogP contribution in [-0.2, 0) is 0 Å². The predicted octanol–water partition coefficient (Wildman–Crippen LogP) is 3.21. The Balaban J connectivity index is 4.66. The number of allylic oxidation sites excluding steroid dienone is 2. The monoisotopic (exact) mass is 200 g/mol. The molecule has 0 amide bonds. The van der Waals surface area contributed by atoms with Crippen molar-refractivity contribution in [3.05, 3.63) is 11.8 Å². The summed E-state index contributed by atoms with van der Waals surface area (Å²) in [6.07, 6.45) is 2.04. The topological polar surface area (TPSA) is 38.4 Å². The Kier molecular flexibility index (Phi) is 6.08. The minimum absolute atomic E-state index is 0.406. The van der Waals surface area contributed by atoms with E-state index >= 15 is 0 Å². The van der Waals surface area contributed by atoms with Gasteiger partial charge in [-0.25, -0.2) is 4.99 Å². The maximum absolute atomic E-state index is 5.54. The molecule has 2 N–H and O–H groups in total. The standard InChI is InChI=1S/C10H20N2S/c1-6-9(7(2)3)12-10(13-11)8(4)5/h6-8H,11H2,1-5H3/b9-6-,12-10-. The minimum Gasteiger partial charge on any atom is -0.273 e. The second kappa shape index (κ2) is 6.22. The first kappa shape index (κ1) is 12.7. The van der Waals surface area contributed by atoms with E-state index in [2.05, 4.69) is 32.7 Å². The van der Waals surface area contributed by atoms with Crippen LogP contribution in [0.15, 0.2) is 16.8 Å². The number of rotatable bonds is 3. The van der Waals surface area contributed by atoms with Crippen molar-refractivity contribution in [1.29, 1.82) is 0 Å². The maximum atomic E-state index is 5.54. The van der Waals surface area contributed by atoms with Gasteiger partial charge in [0, 0.05) is 11.6 Å². The molecule has 0 aliphatic heterocycles. The van der Waals surface area contributed by atoms with Crippen molar-refractivity contribution in [2.24, 2.45) is 22.0 Å². The van der Waals surface area contributed by atoms with Gasteiger partial charge in [0.15, 0.2) is 0 Å². The second-order valence-corrected chi connectivity index (χ2v) is 4.24. The third-order valence-electron chi connectivity index (χ3n) is 1.74. The van der Waals surface area contributed by atoms with Gasteiger partial charge in [-0.3, -0.25) is 5.14 Å². The maximum Gasteiger partial charge on any atom is 0.0908 e. The summed E-state index contributed by atoms with van der Waals surface area (Å²) in [5.41, 5.74) is 1.11. The SMILES string of the molecule is C/C=C(\N=C(/SN)C(C)C)C(C)C. The van der Waals surface area contributed by atoms with Crippen molar-refractivity contribution >= 4 is 17.0 Å². The quantitative estimate of drug-likeness (QED) is 0.431. The molecular weight excluding hydrogens is 180 g/mol. The highest BCUT2D eigenvalue weighted by atomic mass is 32.2. The van der Waals surface area contributed by atoms with E-state index in [9.17, 15) is 0 Å². The van der Waals surface area contributed by atoms with E-state index in [-0.39, 0.29) is 0 Å². The fourth-order valence-corrected chi connectivity index (χ4v) is 1.38. The fraction of sp³-hybridized carbons (Fsp3) is 0.700. The molecule has 0 rings (SSSR count). The van der Waals surface area contributed by atoms with Crippen LogP contribution in [0.3, 0.4) is 0 Å². The molecule has 0 saturated heterocycles. The first-order valence-corrected chi connectivity index (χ1v) is 5.52. The van der Waals surface area contributed by atoms with E-state index in [1.54, 1.807) is 0 Å². The first-order valence-electron chi connectivity index (χ1n) is 4.64. The Morgan fingerprint density at radius 1 is 1.23 bits per heavy atom. The smallest absolute Gasteiger partial charge is 0.0908 e. The second-order valence-electron chi connectivity index (χ2n) is 3.59. The van der Waals surface area contributed by atoms with Crippen LogP contribution in [0, 0.1) is 11.8 Å². The van der Waals surface area contributed by atoms with Crippen molar-refractivity contribution in [1.82, 2.24) is 0 Å². The average Bonchev–Trinajstić information content (AvgIpc) is 2.05. The van der Waals surface area contributed by atoms with Crippen LogP contribution >= 0.6 is 11.9 Å². The molecule has 0 saturated carbocycles. The highest BCUT2D eigenvalue weighted by molar-refractivity contribution is 8.12. The molecule has 0 radical (unpaired) electrons. The van der Waals surface area contributed by atoms with Crippen LogP contribution in [0.4, 0.5) is 0 Å². The van der Waals surface area contributed by atoms with E-state index in [1.807, 2.05) is 13.0 Å². The van der Waals surface area contributed by atoms with E-state index in [0.717, 1.165) is 10.7 Å². The van der Waals surface area contributed by atoms with Crippen LogP contribution < -0.4 is 5.14 Å². The minimum atomic E-state index is 0.406. The van der Waals surface area contributed by atoms with Gasteiger partial charge in [-0.1, -0.05) is 33.8 Å². The molecule has 0 atom stereocenters. The number of nitrogens with two attached hydrogens (primary N) is 1. The Hall–Kier alpha value is -0.280. The molecule has 0 aliphatic rings. The Labute approximate surface area is 85.8 Å². The largest absolute Gasteiger partial charge is 0.273 e. The first-order chi connectivity index (χ1) is 6.02. The fourth-order valence-electron chi connectivity index (χ4n) is 0.946. The number of aliphatic imine (C=N–C) groups is 1. The molecule has 0 aromatic carbocycles. The van der Waals surface area contributed by atoms with Gasteiger partial charge in [0.25, 0.3) is 0 Å². The third-order valence-corrected chi connectivity index (χ3v) is 2.55. The molecule has 0 unspecified atom stereocenters. The van der Waals surface area contributed by atoms with Crippen molar-refractivity contribution in [2.75, 3.05) is 0 Å². The van der Waals surface area contributed by atoms with Crippen LogP contribution in [-0.4, -0.2) is 5.04 Å². The van der Waals surface area contributed by atoms with Crippen LogP contribution in [0.2, 0.25) is 0 Å². The number of hydrogen-bond donors (Lipinski definition) is 1. The van der Waals surface area contributed by atoms with Gasteiger partial charge in [-0.2, -0.15) is 0 Å². The lowest BCUT2D eigenvalue weighted by Gasteiger charge is -2.10. The number of nitrogens with zero attached hydrogens (tertiary/aromatic N) is 1. The summed E-state index contributed by atoms with van der Waals surface area (Å²) in [5.74, 6) is 0.870. The summed E-state index contributed by atoms with van der Waals surface area (Å²) >= 11 is 1.25. The molecule has 0 heterocycles. The predicted molar refractivity (Wildman–Crippen MR) is 62.6 cm³/mol. The molecule has 2 nitrogen and oxygen atoms in total. The molecule has 0 aromatic rings. The van der Waals surface area contributed by atoms with Gasteiger partial charge in [0.1, 0.15) is 0 Å². The summed E-state index contributed by atoms with van der Waals surface area (Å²) in [6.45, 7) is 10.5. The number of hydrogen-bond acceptors (Lipinski definition) is 3. The Morgan fingerprint density at radius 3 is 2.00 bits per heavy atom. The van der Waals surface area contributed by atoms with Crippen molar-refractivity contribution < 1.29 is 0 Å². The van der Waals surface area contributed by atoms with Crippen LogP contribution in [0.25, 0.3) is 0 Å². The normalized spacial score (nSPS) is 14.5. The summed E-state index contributed by atoms with van der Waals surface area (Å²) in [5, 5.41) is 6.54. The van der Waals surface area contributed by atoms with Crippen molar-refractivity contribution in [3.8, 4) is 0 Å². The van der Waals surface area contributed by atoms with E-state index in [4.69, 9.17) is 5.14 Å². The zero-order valence-electron chi connectivity index (χ0n) is 9.16. The lowest BCUT2D eigenvalue weighted by molar-refractivity contribution is 0.751. The molecule has 0 bridgehead atoms. The lowest BCUT2D eigenvalue weighted by Crippen LogP contribution is -2.07. The summed E-state index contributed by atoms with van der Waals surface area (Å²) in [6, 6.07) is 0. The molecular formula is C10H20N2S. The van der Waals surface area contributed by atoms with Crippen LogP contribution in [0.5, 0.6) is 0 Å². The van der Waals surface area contributed by atoms with E-state index < -0.39 is 0 Å². The van der Waals surface area contributed by atoms with E-state index in [1.165, 1.54) is 11.9 Å². The average molecular weight is 200 g/mol. The van der Waals surface area contributed by atoms with Gasteiger partial charge in [-0.05, 0) is 24.8 Å². The molecule has 76 valence electrons. The van der Waals surface area contributed by atoms with Gasteiger partial charge in [0.2, 0.25) is 0 Å². The van der Waals surface area contributed by atoms with Gasteiger partial charge in [-0.15, -0.1) is 0 Å². The summed E-state index contributed by atoms with van der Waals surface area (Å²) in [7, 11) is 0. The van der Waals surface area contributed by atoms with Crippen LogP contribution in [0.1, 0.15) is 34.6 Å². The van der Waals surface area contributed by atoms with Crippen molar-refractivity contribution in [3.63, 3.8) is 0 Å². The van der Waals surface area contributed by atoms with Gasteiger partial charge < -0.3 is 0 Å². The zero-order chi connectivity index (χ0) is 10.4. The van der Waals surface area contributed by atoms with E-state index in [0.29, 0.717) is 11.8 Å². The van der Waals surface area contributed by atoms with Crippen molar-refractivity contribution in [2.45, 2.75) is 34.6 Å². The molecule has 0 spiro atoms. The highest BCUT2D eigenvalue weighted by Crippen LogP contribution is 2.16. The zero-order valence-corrected chi connectivity index (χ0v) is 9.98. The molecule has 13 heavy (non-hydrogen) atoms. The summed E-state index contributed by atoms with van der Waals surface area (Å²) < 4.78 is 0. The third kappa shape index (κ3) is 4.48. The molecule has 0 fully saturated rings.